The van der Waals surface area contributed by atoms with Crippen molar-refractivity contribution in [3.63, 3.8) is 0 Å². The molecule has 2 N–H and O–H groups in total. The van der Waals surface area contributed by atoms with E-state index in [1.54, 1.807) is 6.07 Å². The number of nitro groups is 1. The molecule has 4 aliphatic carbocycles. The normalized spacial score (nSPS) is 37.7. The molecule has 0 heterocycles. The SMILES string of the molecule is O=C(O)C12CC3CC(CC(C3)C1c1ccc(O)c([N+](=O)[O-])c1)C2. The van der Waals surface area contributed by atoms with Gasteiger partial charge in [0.1, 0.15) is 0 Å². The molecule has 3 atom stereocenters. The highest BCUT2D eigenvalue weighted by atomic mass is 16.6. The van der Waals surface area contributed by atoms with Gasteiger partial charge in [0.2, 0.25) is 0 Å². The average Bonchev–Trinajstić information content (AvgIpc) is 2.47. The van der Waals surface area contributed by atoms with Crippen molar-refractivity contribution in [3.8, 4) is 5.75 Å². The zero-order chi connectivity index (χ0) is 16.4. The molecular weight excluding hydrogens is 298 g/mol. The standard InChI is InChI=1S/C17H19NO5/c19-14-2-1-11(6-13(14)18(22)23)15-12-4-9-3-10(5-12)8-17(15,7-9)16(20)21/h1-2,6,9-10,12,15,19H,3-5,7-8H2,(H,20,21). The summed E-state index contributed by atoms with van der Waals surface area (Å²) in [4.78, 5) is 22.6. The van der Waals surface area contributed by atoms with Crippen LogP contribution in [-0.4, -0.2) is 21.1 Å². The van der Waals surface area contributed by atoms with Gasteiger partial charge in [-0.15, -0.1) is 0 Å². The fraction of sp³-hybridized carbons (Fsp3) is 0.588. The predicted octanol–water partition coefficient (Wildman–Crippen LogP) is 3.29. The van der Waals surface area contributed by atoms with Gasteiger partial charge in [0.15, 0.2) is 5.75 Å². The number of aromatic hydroxyl groups is 1. The van der Waals surface area contributed by atoms with Crippen LogP contribution in [0, 0.1) is 33.3 Å². The van der Waals surface area contributed by atoms with Crippen LogP contribution < -0.4 is 0 Å². The topological polar surface area (TPSA) is 101 Å². The lowest BCUT2D eigenvalue weighted by Crippen LogP contribution is -2.55. The van der Waals surface area contributed by atoms with Crippen molar-refractivity contribution >= 4 is 11.7 Å². The average molecular weight is 317 g/mol. The maximum atomic E-state index is 12.1. The van der Waals surface area contributed by atoms with E-state index in [1.807, 2.05) is 0 Å². The van der Waals surface area contributed by atoms with Crippen LogP contribution >= 0.6 is 0 Å². The minimum atomic E-state index is -0.792. The van der Waals surface area contributed by atoms with E-state index in [-0.39, 0.29) is 23.3 Å². The minimum absolute atomic E-state index is 0.188. The Labute approximate surface area is 133 Å². The van der Waals surface area contributed by atoms with E-state index in [1.165, 1.54) is 12.1 Å². The molecule has 0 aliphatic heterocycles. The van der Waals surface area contributed by atoms with Crippen molar-refractivity contribution in [1.82, 2.24) is 0 Å². The number of benzene rings is 1. The number of hydrogen-bond acceptors (Lipinski definition) is 4. The molecule has 4 saturated carbocycles. The number of carboxylic acids is 1. The summed E-state index contributed by atoms with van der Waals surface area (Å²) in [5, 5.41) is 30.7. The van der Waals surface area contributed by atoms with E-state index in [2.05, 4.69) is 0 Å². The van der Waals surface area contributed by atoms with Crippen LogP contribution in [0.15, 0.2) is 18.2 Å². The van der Waals surface area contributed by atoms with Gasteiger partial charge in [-0.1, -0.05) is 6.07 Å². The van der Waals surface area contributed by atoms with Crippen molar-refractivity contribution in [1.29, 1.82) is 0 Å². The van der Waals surface area contributed by atoms with Gasteiger partial charge in [-0.25, -0.2) is 0 Å². The monoisotopic (exact) mass is 317 g/mol. The quantitative estimate of drug-likeness (QED) is 0.658. The number of carboxylic acid groups (broad SMARTS) is 1. The molecule has 1 aromatic rings. The lowest BCUT2D eigenvalue weighted by atomic mass is 9.44. The third-order valence-corrected chi connectivity index (χ3v) is 6.29. The number of aliphatic carboxylic acids is 1. The van der Waals surface area contributed by atoms with Crippen molar-refractivity contribution < 1.29 is 19.9 Å². The zero-order valence-electron chi connectivity index (χ0n) is 12.6. The Bertz CT molecular complexity index is 686. The lowest BCUT2D eigenvalue weighted by Gasteiger charge is -2.59. The van der Waals surface area contributed by atoms with E-state index in [4.69, 9.17) is 0 Å². The second kappa shape index (κ2) is 4.69. The summed E-state index contributed by atoms with van der Waals surface area (Å²) in [6.45, 7) is 0. The third-order valence-electron chi connectivity index (χ3n) is 6.29. The van der Waals surface area contributed by atoms with Gasteiger partial charge in [-0.3, -0.25) is 14.9 Å². The Morgan fingerprint density at radius 3 is 2.43 bits per heavy atom. The Hall–Kier alpha value is -2.11. The Morgan fingerprint density at radius 1 is 1.22 bits per heavy atom. The highest BCUT2D eigenvalue weighted by Gasteiger charge is 2.61. The lowest BCUT2D eigenvalue weighted by molar-refractivity contribution is -0.386. The molecule has 0 aromatic heterocycles. The van der Waals surface area contributed by atoms with Crippen molar-refractivity contribution in [2.24, 2.45) is 23.2 Å². The maximum absolute atomic E-state index is 12.1. The molecule has 1 aromatic carbocycles. The molecule has 3 unspecified atom stereocenters. The summed E-state index contributed by atoms with van der Waals surface area (Å²) >= 11 is 0. The van der Waals surface area contributed by atoms with Crippen LogP contribution in [0.4, 0.5) is 5.69 Å². The summed E-state index contributed by atoms with van der Waals surface area (Å²) in [5.41, 5.74) is -0.433. The molecule has 4 bridgehead atoms. The predicted molar refractivity (Wildman–Crippen MR) is 81.1 cm³/mol. The second-order valence-corrected chi connectivity index (χ2v) is 7.55. The van der Waals surface area contributed by atoms with Gasteiger partial charge in [0, 0.05) is 12.0 Å². The summed E-state index contributed by atoms with van der Waals surface area (Å²) in [5.74, 6) is -0.0863. The van der Waals surface area contributed by atoms with Crippen LogP contribution in [-0.2, 0) is 4.79 Å². The highest BCUT2D eigenvalue weighted by Crippen LogP contribution is 2.66. The van der Waals surface area contributed by atoms with E-state index >= 15 is 0 Å². The van der Waals surface area contributed by atoms with Gasteiger partial charge in [-0.05, 0) is 61.5 Å². The van der Waals surface area contributed by atoms with Crippen molar-refractivity contribution in [3.05, 3.63) is 33.9 Å². The molecule has 122 valence electrons. The van der Waals surface area contributed by atoms with Crippen LogP contribution in [0.5, 0.6) is 5.75 Å². The van der Waals surface area contributed by atoms with Gasteiger partial charge < -0.3 is 10.2 Å². The number of phenolic OH excluding ortho intramolecular Hbond substituents is 1. The number of carbonyl (C=O) groups is 1. The first-order valence-electron chi connectivity index (χ1n) is 8.11. The van der Waals surface area contributed by atoms with Gasteiger partial charge in [0.25, 0.3) is 0 Å². The zero-order valence-corrected chi connectivity index (χ0v) is 12.6. The first-order chi connectivity index (χ1) is 10.9. The fourth-order valence-corrected chi connectivity index (χ4v) is 5.82. The summed E-state index contributed by atoms with van der Waals surface area (Å²) < 4.78 is 0. The third kappa shape index (κ3) is 1.97. The first-order valence-corrected chi connectivity index (χ1v) is 8.11. The number of nitro benzene ring substituents is 1. The maximum Gasteiger partial charge on any atom is 0.310 e. The molecule has 0 radical (unpaired) electrons. The van der Waals surface area contributed by atoms with Crippen LogP contribution in [0.2, 0.25) is 0 Å². The summed E-state index contributed by atoms with van der Waals surface area (Å²) in [7, 11) is 0. The highest BCUT2D eigenvalue weighted by molar-refractivity contribution is 5.77. The molecule has 0 saturated heterocycles. The van der Waals surface area contributed by atoms with Crippen molar-refractivity contribution in [2.45, 2.75) is 38.0 Å². The summed E-state index contributed by atoms with van der Waals surface area (Å²) in [6, 6.07) is 4.38. The molecule has 0 amide bonds. The Balaban J connectivity index is 1.82. The van der Waals surface area contributed by atoms with Crippen LogP contribution in [0.1, 0.15) is 43.6 Å². The summed E-state index contributed by atoms with van der Waals surface area (Å²) in [6.07, 6.45) is 4.52. The molecule has 23 heavy (non-hydrogen) atoms. The molecule has 4 fully saturated rings. The number of phenols is 1. The number of hydrogen-bond donors (Lipinski definition) is 2. The fourth-order valence-electron chi connectivity index (χ4n) is 5.82. The van der Waals surface area contributed by atoms with Crippen LogP contribution in [0.3, 0.4) is 0 Å². The van der Waals surface area contributed by atoms with Crippen molar-refractivity contribution in [2.75, 3.05) is 0 Å². The minimum Gasteiger partial charge on any atom is -0.502 e. The van der Waals surface area contributed by atoms with Gasteiger partial charge in [-0.2, -0.15) is 0 Å². The first kappa shape index (κ1) is 14.5. The van der Waals surface area contributed by atoms with E-state index in [0.717, 1.165) is 19.3 Å². The van der Waals surface area contributed by atoms with Gasteiger partial charge >= 0.3 is 11.7 Å². The number of nitrogens with zero attached hydrogens (tertiary/aromatic N) is 1. The number of rotatable bonds is 3. The largest absolute Gasteiger partial charge is 0.502 e. The smallest absolute Gasteiger partial charge is 0.310 e. The molecule has 4 aliphatic rings. The van der Waals surface area contributed by atoms with E-state index < -0.39 is 16.3 Å². The van der Waals surface area contributed by atoms with E-state index in [0.29, 0.717) is 30.2 Å². The Kier molecular flexibility index (Phi) is 2.95. The molecule has 5 rings (SSSR count). The van der Waals surface area contributed by atoms with Crippen LogP contribution in [0.25, 0.3) is 0 Å². The van der Waals surface area contributed by atoms with E-state index in [9.17, 15) is 25.1 Å². The molecule has 6 nitrogen and oxygen atoms in total. The molecule has 6 heteroatoms. The van der Waals surface area contributed by atoms with Gasteiger partial charge in [0.05, 0.1) is 10.3 Å². The molecule has 0 spiro atoms. The Morgan fingerprint density at radius 2 is 1.87 bits per heavy atom. The second-order valence-electron chi connectivity index (χ2n) is 7.55. The molecular formula is C17H19NO5.